The number of nitrogens with one attached hydrogen (secondary N) is 1. The molecular weight excluding hydrogens is 448 g/mol. The molecule has 0 aliphatic heterocycles. The van der Waals surface area contributed by atoms with Crippen LogP contribution in [0.15, 0.2) is 45.7 Å². The molecule has 3 aromatic heterocycles. The van der Waals surface area contributed by atoms with Crippen LogP contribution in [0.5, 0.6) is 0 Å². The second kappa shape index (κ2) is 9.13. The number of primary amides is 1. The maximum atomic E-state index is 13.1. The van der Waals surface area contributed by atoms with Gasteiger partial charge in [0.05, 0.1) is 22.2 Å². The van der Waals surface area contributed by atoms with Gasteiger partial charge in [0.15, 0.2) is 5.16 Å². The Labute approximate surface area is 191 Å². The summed E-state index contributed by atoms with van der Waals surface area (Å²) in [5.41, 5.74) is 6.20. The highest BCUT2D eigenvalue weighted by Gasteiger charge is 2.18. The zero-order chi connectivity index (χ0) is 22.8. The van der Waals surface area contributed by atoms with Gasteiger partial charge in [-0.2, -0.15) is 0 Å². The van der Waals surface area contributed by atoms with Crippen molar-refractivity contribution in [3.05, 3.63) is 51.6 Å². The second-order valence-corrected chi connectivity index (χ2v) is 9.50. The molecule has 4 aromatic rings. The summed E-state index contributed by atoms with van der Waals surface area (Å²) >= 11 is 2.44. The first-order chi connectivity index (χ1) is 15.4. The van der Waals surface area contributed by atoms with Gasteiger partial charge in [-0.15, -0.1) is 21.5 Å². The van der Waals surface area contributed by atoms with Crippen molar-refractivity contribution in [1.29, 1.82) is 0 Å². The first-order valence-electron chi connectivity index (χ1n) is 10.0. The summed E-state index contributed by atoms with van der Waals surface area (Å²) in [5, 5.41) is 14.4. The monoisotopic (exact) mass is 470 g/mol. The topological polar surface area (TPSA) is 124 Å². The molecule has 4 rings (SSSR count). The molecule has 2 amide bonds. The van der Waals surface area contributed by atoms with Crippen LogP contribution < -0.4 is 16.6 Å². The van der Waals surface area contributed by atoms with Crippen molar-refractivity contribution in [3.8, 4) is 0 Å². The molecule has 0 atom stereocenters. The highest BCUT2D eigenvalue weighted by atomic mass is 32.2. The Morgan fingerprint density at radius 1 is 1.22 bits per heavy atom. The summed E-state index contributed by atoms with van der Waals surface area (Å²) in [4.78, 5) is 37.0. The van der Waals surface area contributed by atoms with Gasteiger partial charge < -0.3 is 11.1 Å². The first kappa shape index (κ1) is 22.0. The first-order valence-corrected chi connectivity index (χ1v) is 11.9. The summed E-state index contributed by atoms with van der Waals surface area (Å²) in [7, 11) is 0. The minimum atomic E-state index is -0.594. The van der Waals surface area contributed by atoms with Gasteiger partial charge in [-0.25, -0.2) is 0 Å². The van der Waals surface area contributed by atoms with Crippen LogP contribution >= 0.6 is 23.1 Å². The van der Waals surface area contributed by atoms with E-state index in [0.29, 0.717) is 39.3 Å². The molecule has 0 saturated heterocycles. The molecule has 0 spiro atoms. The van der Waals surface area contributed by atoms with E-state index in [-0.39, 0.29) is 22.8 Å². The van der Waals surface area contributed by atoms with Crippen molar-refractivity contribution >= 4 is 56.6 Å². The SMILES string of the molecule is CC(C)CCn1c(=O)c2ccccc2n2c(SCC(=O)Nc3sccc3C(N)=O)nnc12. The molecule has 3 heterocycles. The third kappa shape index (κ3) is 4.26. The van der Waals surface area contributed by atoms with Crippen LogP contribution in [0.3, 0.4) is 0 Å². The molecule has 0 radical (unpaired) electrons. The number of aryl methyl sites for hydroxylation is 1. The molecule has 1 aromatic carbocycles. The van der Waals surface area contributed by atoms with Crippen LogP contribution in [-0.4, -0.2) is 36.7 Å². The van der Waals surface area contributed by atoms with Crippen molar-refractivity contribution < 1.29 is 9.59 Å². The normalized spacial score (nSPS) is 11.5. The number of thiophene rings is 1. The number of aromatic nitrogens is 4. The quantitative estimate of drug-likeness (QED) is 0.382. The average molecular weight is 471 g/mol. The lowest BCUT2D eigenvalue weighted by atomic mass is 10.1. The Morgan fingerprint density at radius 3 is 2.75 bits per heavy atom. The maximum absolute atomic E-state index is 13.1. The average Bonchev–Trinajstić information content (AvgIpc) is 3.39. The minimum absolute atomic E-state index is 0.0519. The Hall–Kier alpha value is -3.18. The van der Waals surface area contributed by atoms with Gasteiger partial charge in [-0.3, -0.25) is 23.4 Å². The molecule has 0 aliphatic rings. The zero-order valence-electron chi connectivity index (χ0n) is 17.6. The fraction of sp³-hybridized carbons (Fsp3) is 0.286. The predicted octanol–water partition coefficient (Wildman–Crippen LogP) is 2.98. The number of benzene rings is 1. The molecule has 0 aliphatic carbocycles. The van der Waals surface area contributed by atoms with Gasteiger partial charge in [0.25, 0.3) is 11.5 Å². The van der Waals surface area contributed by atoms with Crippen LogP contribution in [0, 0.1) is 5.92 Å². The third-order valence-electron chi connectivity index (χ3n) is 4.92. The van der Waals surface area contributed by atoms with Crippen LogP contribution in [0.2, 0.25) is 0 Å². The number of carbonyl (C=O) groups excluding carboxylic acids is 2. The molecule has 0 unspecified atom stereocenters. The van der Waals surface area contributed by atoms with E-state index in [1.54, 1.807) is 22.1 Å². The van der Waals surface area contributed by atoms with Gasteiger partial charge >= 0.3 is 0 Å². The van der Waals surface area contributed by atoms with E-state index in [1.165, 1.54) is 23.1 Å². The lowest BCUT2D eigenvalue weighted by Gasteiger charge is -2.12. The number of amides is 2. The predicted molar refractivity (Wildman–Crippen MR) is 126 cm³/mol. The molecule has 0 saturated carbocycles. The number of hydrogen-bond donors (Lipinski definition) is 2. The fourth-order valence-corrected chi connectivity index (χ4v) is 4.86. The Balaban J connectivity index is 1.65. The van der Waals surface area contributed by atoms with Crippen molar-refractivity contribution in [2.24, 2.45) is 11.7 Å². The zero-order valence-corrected chi connectivity index (χ0v) is 19.2. The molecule has 166 valence electrons. The van der Waals surface area contributed by atoms with E-state index >= 15 is 0 Å². The molecule has 0 fully saturated rings. The number of hydrogen-bond acceptors (Lipinski definition) is 7. The number of nitrogens with two attached hydrogens (primary N) is 1. The number of rotatable bonds is 8. The van der Waals surface area contributed by atoms with E-state index in [4.69, 9.17) is 5.73 Å². The molecule has 9 nitrogen and oxygen atoms in total. The van der Waals surface area contributed by atoms with E-state index in [1.807, 2.05) is 22.6 Å². The van der Waals surface area contributed by atoms with Crippen LogP contribution in [0.25, 0.3) is 16.7 Å². The Kier molecular flexibility index (Phi) is 6.28. The summed E-state index contributed by atoms with van der Waals surface area (Å²) in [6, 6.07) is 8.87. The van der Waals surface area contributed by atoms with Gasteiger partial charge in [0.2, 0.25) is 11.7 Å². The number of fused-ring (bicyclic) bond motifs is 3. The third-order valence-corrected chi connectivity index (χ3v) is 6.68. The molecule has 11 heteroatoms. The fourth-order valence-electron chi connectivity index (χ4n) is 3.31. The van der Waals surface area contributed by atoms with E-state index in [2.05, 4.69) is 29.4 Å². The number of nitrogens with zero attached hydrogens (tertiary/aromatic N) is 4. The van der Waals surface area contributed by atoms with E-state index < -0.39 is 5.91 Å². The highest BCUT2D eigenvalue weighted by molar-refractivity contribution is 7.99. The van der Waals surface area contributed by atoms with E-state index in [0.717, 1.165) is 6.42 Å². The van der Waals surface area contributed by atoms with Crippen molar-refractivity contribution in [3.63, 3.8) is 0 Å². The summed E-state index contributed by atoms with van der Waals surface area (Å²) in [6.45, 7) is 4.73. The summed E-state index contributed by atoms with van der Waals surface area (Å²) in [5.74, 6) is 0.0386. The largest absolute Gasteiger partial charge is 0.366 e. The van der Waals surface area contributed by atoms with Crippen molar-refractivity contribution in [2.75, 3.05) is 11.1 Å². The van der Waals surface area contributed by atoms with E-state index in [9.17, 15) is 14.4 Å². The maximum Gasteiger partial charge on any atom is 0.262 e. The van der Waals surface area contributed by atoms with Crippen molar-refractivity contribution in [2.45, 2.75) is 32.0 Å². The summed E-state index contributed by atoms with van der Waals surface area (Å²) < 4.78 is 3.46. The standard InChI is InChI=1S/C21H22N6O3S2/c1-12(2)7-9-26-19(30)13-5-3-4-6-15(13)27-20(26)24-25-21(27)32-11-16(28)23-18-14(17(22)29)8-10-31-18/h3-6,8,10,12H,7,9,11H2,1-2H3,(H2,22,29)(H,23,28). The van der Waals surface area contributed by atoms with Gasteiger partial charge in [-0.05, 0) is 35.9 Å². The number of anilines is 1. The Bertz CT molecular complexity index is 1370. The molecule has 0 bridgehead atoms. The molecule has 32 heavy (non-hydrogen) atoms. The number of para-hydroxylation sites is 1. The van der Waals surface area contributed by atoms with Crippen LogP contribution in [0.4, 0.5) is 5.00 Å². The summed E-state index contributed by atoms with van der Waals surface area (Å²) in [6.07, 6.45) is 0.828. The lowest BCUT2D eigenvalue weighted by Crippen LogP contribution is -2.24. The van der Waals surface area contributed by atoms with Gasteiger partial charge in [0.1, 0.15) is 5.00 Å². The van der Waals surface area contributed by atoms with Crippen LogP contribution in [0.1, 0.15) is 30.6 Å². The van der Waals surface area contributed by atoms with Gasteiger partial charge in [-0.1, -0.05) is 37.7 Å². The molecular formula is C21H22N6O3S2. The minimum Gasteiger partial charge on any atom is -0.366 e. The van der Waals surface area contributed by atoms with Crippen LogP contribution in [-0.2, 0) is 11.3 Å². The highest BCUT2D eigenvalue weighted by Crippen LogP contribution is 2.25. The smallest absolute Gasteiger partial charge is 0.262 e. The lowest BCUT2D eigenvalue weighted by molar-refractivity contribution is -0.113. The van der Waals surface area contributed by atoms with Crippen molar-refractivity contribution in [1.82, 2.24) is 19.2 Å². The number of carbonyl (C=O) groups is 2. The number of thioether (sulfide) groups is 1. The second-order valence-electron chi connectivity index (χ2n) is 7.64. The molecule has 3 N–H and O–H groups in total. The van der Waals surface area contributed by atoms with Gasteiger partial charge in [0, 0.05) is 6.54 Å². The Morgan fingerprint density at radius 2 is 2.00 bits per heavy atom.